The fraction of sp³-hybridized carbons (Fsp3) is 0.279. The fourth-order valence-electron chi connectivity index (χ4n) is 5.64. The second kappa shape index (κ2) is 16.9. The van der Waals surface area contributed by atoms with E-state index in [1.807, 2.05) is 67.6 Å². The van der Waals surface area contributed by atoms with E-state index in [2.05, 4.69) is 54.9 Å². The van der Waals surface area contributed by atoms with Crippen molar-refractivity contribution in [3.05, 3.63) is 125 Å². The normalized spacial score (nSPS) is 10.6. The Bertz CT molecular complexity index is 1820. The zero-order valence-corrected chi connectivity index (χ0v) is 27.0. The molecule has 0 atom stereocenters. The predicted molar refractivity (Wildman–Crippen MR) is 190 cm³/mol. The average Bonchev–Trinajstić information content (AvgIpc) is 3.10. The third-order valence-corrected chi connectivity index (χ3v) is 8.11. The Morgan fingerprint density at radius 3 is 1.48 bits per heavy atom. The Hall–Kier alpha value is -4.99. The lowest BCUT2D eigenvalue weighted by molar-refractivity contribution is 0.0497. The maximum absolute atomic E-state index is 12.6. The molecule has 3 heteroatoms. The molecule has 5 aromatic carbocycles. The first-order valence-corrected chi connectivity index (χ1v) is 16.7. The minimum atomic E-state index is -0.277. The van der Waals surface area contributed by atoms with E-state index in [1.165, 1.54) is 38.5 Å². The van der Waals surface area contributed by atoms with E-state index in [0.717, 1.165) is 62.4 Å². The summed E-state index contributed by atoms with van der Waals surface area (Å²) in [5.41, 5.74) is 4.27. The van der Waals surface area contributed by atoms with Crippen molar-refractivity contribution in [2.24, 2.45) is 0 Å². The van der Waals surface area contributed by atoms with E-state index in [9.17, 15) is 4.79 Å². The maximum Gasteiger partial charge on any atom is 0.338 e. The highest BCUT2D eigenvalue weighted by Crippen LogP contribution is 2.32. The second-order valence-corrected chi connectivity index (χ2v) is 11.5. The fourth-order valence-corrected chi connectivity index (χ4v) is 5.64. The van der Waals surface area contributed by atoms with Crippen molar-refractivity contribution in [2.45, 2.75) is 65.2 Å². The number of unbranched alkanes of at least 4 members (excludes halogenated alkanes) is 7. The van der Waals surface area contributed by atoms with Crippen LogP contribution in [0.1, 0.15) is 97.8 Å². The smallest absolute Gasteiger partial charge is 0.338 e. The molecule has 5 rings (SSSR count). The zero-order chi connectivity index (χ0) is 32.0. The molecule has 0 unspecified atom stereocenters. The van der Waals surface area contributed by atoms with Gasteiger partial charge in [-0.1, -0.05) is 124 Å². The molecule has 0 saturated carbocycles. The number of rotatable bonds is 12. The van der Waals surface area contributed by atoms with E-state index in [1.54, 1.807) is 12.1 Å². The number of hydrogen-bond donors (Lipinski definition) is 0. The summed E-state index contributed by atoms with van der Waals surface area (Å²) in [5.74, 6) is 14.2. The lowest BCUT2D eigenvalue weighted by Crippen LogP contribution is -2.06. The van der Waals surface area contributed by atoms with Gasteiger partial charge in [-0.3, -0.25) is 0 Å². The minimum absolute atomic E-state index is 0.277. The van der Waals surface area contributed by atoms with Crippen molar-refractivity contribution in [1.29, 1.82) is 0 Å². The van der Waals surface area contributed by atoms with Gasteiger partial charge in [-0.05, 0) is 83.4 Å². The van der Waals surface area contributed by atoms with Crippen molar-refractivity contribution in [1.82, 2.24) is 0 Å². The summed E-state index contributed by atoms with van der Waals surface area (Å²) in [4.78, 5) is 12.6. The Morgan fingerprint density at radius 2 is 1.00 bits per heavy atom. The van der Waals surface area contributed by atoms with E-state index in [4.69, 9.17) is 9.47 Å². The largest absolute Gasteiger partial charge is 0.494 e. The van der Waals surface area contributed by atoms with Crippen LogP contribution < -0.4 is 4.74 Å². The molecule has 0 radical (unpaired) electrons. The van der Waals surface area contributed by atoms with Crippen LogP contribution in [0.3, 0.4) is 0 Å². The lowest BCUT2D eigenvalue weighted by Gasteiger charge is -2.10. The molecule has 0 aliphatic heterocycles. The van der Waals surface area contributed by atoms with Gasteiger partial charge < -0.3 is 9.47 Å². The Kier molecular flexibility index (Phi) is 11.9. The summed E-state index contributed by atoms with van der Waals surface area (Å²) in [6.45, 7) is 5.32. The van der Waals surface area contributed by atoms with Crippen LogP contribution in [0.25, 0.3) is 21.5 Å². The van der Waals surface area contributed by atoms with Gasteiger partial charge in [0, 0.05) is 22.3 Å². The Morgan fingerprint density at radius 1 is 0.543 bits per heavy atom. The van der Waals surface area contributed by atoms with Gasteiger partial charge in [-0.2, -0.15) is 0 Å². The van der Waals surface area contributed by atoms with Crippen LogP contribution in [0, 0.1) is 23.7 Å². The number of carbonyl (C=O) groups excluding carboxylic acids is 1. The van der Waals surface area contributed by atoms with Gasteiger partial charge >= 0.3 is 5.97 Å². The van der Waals surface area contributed by atoms with Gasteiger partial charge in [0.2, 0.25) is 0 Å². The van der Waals surface area contributed by atoms with Gasteiger partial charge in [0.15, 0.2) is 0 Å². The van der Waals surface area contributed by atoms with Crippen molar-refractivity contribution in [3.63, 3.8) is 0 Å². The molecule has 0 N–H and O–H groups in total. The highest BCUT2D eigenvalue weighted by molar-refractivity contribution is 6.09. The van der Waals surface area contributed by atoms with Crippen LogP contribution in [-0.4, -0.2) is 19.2 Å². The third kappa shape index (κ3) is 8.59. The summed E-state index contributed by atoms with van der Waals surface area (Å²) < 4.78 is 11.1. The predicted octanol–water partition coefficient (Wildman–Crippen LogP) is 10.5. The molecule has 0 spiro atoms. The zero-order valence-electron chi connectivity index (χ0n) is 27.0. The number of hydrogen-bond acceptors (Lipinski definition) is 3. The molecule has 0 aliphatic rings. The first-order chi connectivity index (χ1) is 22.7. The molecule has 46 heavy (non-hydrogen) atoms. The van der Waals surface area contributed by atoms with Crippen LogP contribution in [0.4, 0.5) is 0 Å². The van der Waals surface area contributed by atoms with Gasteiger partial charge in [-0.15, -0.1) is 0 Å². The average molecular weight is 607 g/mol. The number of carbonyl (C=O) groups is 1. The van der Waals surface area contributed by atoms with E-state index < -0.39 is 0 Å². The first-order valence-electron chi connectivity index (χ1n) is 16.7. The molecule has 0 amide bonds. The van der Waals surface area contributed by atoms with Crippen molar-refractivity contribution in [3.8, 4) is 29.4 Å². The lowest BCUT2D eigenvalue weighted by atomic mass is 9.92. The molecule has 232 valence electrons. The molecular formula is C43H42O3. The van der Waals surface area contributed by atoms with Crippen molar-refractivity contribution < 1.29 is 14.3 Å². The highest BCUT2D eigenvalue weighted by atomic mass is 16.5. The van der Waals surface area contributed by atoms with E-state index >= 15 is 0 Å². The summed E-state index contributed by atoms with van der Waals surface area (Å²) in [5, 5.41) is 4.26. The van der Waals surface area contributed by atoms with Gasteiger partial charge in [0.05, 0.1) is 18.8 Å². The standard InChI is InChI=1S/C43H42O3/c1-3-5-6-7-8-9-10-15-32-46-43(44)35-26-20-33(21-27-35)24-30-41-37-16-11-13-18-39(37)42(40-19-14-12-17-38(40)41)31-25-34-22-28-36(29-23-34)45-4-2/h11-14,16-23,26-29H,3-10,15,32H2,1-2H3. The van der Waals surface area contributed by atoms with Crippen molar-refractivity contribution in [2.75, 3.05) is 13.2 Å². The molecule has 0 aliphatic carbocycles. The molecule has 0 saturated heterocycles. The summed E-state index contributed by atoms with van der Waals surface area (Å²) in [6.07, 6.45) is 9.72. The number of esters is 1. The quantitative estimate of drug-likeness (QED) is 0.0613. The first kappa shape index (κ1) is 32.4. The molecule has 3 nitrogen and oxygen atoms in total. The minimum Gasteiger partial charge on any atom is -0.494 e. The van der Waals surface area contributed by atoms with E-state index in [0.29, 0.717) is 18.8 Å². The van der Waals surface area contributed by atoms with Crippen LogP contribution >= 0.6 is 0 Å². The van der Waals surface area contributed by atoms with Gasteiger partial charge in [0.25, 0.3) is 0 Å². The molecular weight excluding hydrogens is 564 g/mol. The molecule has 0 fully saturated rings. The number of fused-ring (bicyclic) bond motifs is 2. The molecule has 0 heterocycles. The van der Waals surface area contributed by atoms with Crippen molar-refractivity contribution >= 4 is 27.5 Å². The molecule has 0 bridgehead atoms. The van der Waals surface area contributed by atoms with Crippen LogP contribution in [0.2, 0.25) is 0 Å². The molecule has 5 aromatic rings. The Balaban J connectivity index is 1.32. The SMILES string of the molecule is CCCCCCCCCCOC(=O)c1ccc(C#Cc2c3ccccc3c(C#Cc3ccc(OCC)cc3)c3ccccc23)cc1. The monoisotopic (exact) mass is 606 g/mol. The van der Waals surface area contributed by atoms with Crippen LogP contribution in [0.15, 0.2) is 97.1 Å². The van der Waals surface area contributed by atoms with E-state index in [-0.39, 0.29) is 5.97 Å². The summed E-state index contributed by atoms with van der Waals surface area (Å²) >= 11 is 0. The van der Waals surface area contributed by atoms with Crippen LogP contribution in [-0.2, 0) is 4.74 Å². The third-order valence-electron chi connectivity index (χ3n) is 8.11. The topological polar surface area (TPSA) is 35.5 Å². The number of benzene rings is 5. The maximum atomic E-state index is 12.6. The Labute approximate surface area is 273 Å². The number of ether oxygens (including phenoxy) is 2. The van der Waals surface area contributed by atoms with Crippen LogP contribution in [0.5, 0.6) is 5.75 Å². The second-order valence-electron chi connectivity index (χ2n) is 11.5. The van der Waals surface area contributed by atoms with Gasteiger partial charge in [0.1, 0.15) is 5.75 Å². The summed E-state index contributed by atoms with van der Waals surface area (Å²) in [7, 11) is 0. The summed E-state index contributed by atoms with van der Waals surface area (Å²) in [6, 6.07) is 31.9. The highest BCUT2D eigenvalue weighted by Gasteiger charge is 2.12. The van der Waals surface area contributed by atoms with Gasteiger partial charge in [-0.25, -0.2) is 4.79 Å². The molecule has 0 aromatic heterocycles.